The van der Waals surface area contributed by atoms with E-state index in [0.717, 1.165) is 16.5 Å². The molecule has 0 bridgehead atoms. The van der Waals surface area contributed by atoms with E-state index in [0.29, 0.717) is 17.5 Å². The van der Waals surface area contributed by atoms with Crippen molar-refractivity contribution >= 4 is 33.3 Å². The van der Waals surface area contributed by atoms with Crippen molar-refractivity contribution in [1.29, 1.82) is 0 Å². The van der Waals surface area contributed by atoms with E-state index in [1.165, 1.54) is 0 Å². The lowest BCUT2D eigenvalue weighted by Crippen LogP contribution is -2.17. The van der Waals surface area contributed by atoms with E-state index >= 15 is 0 Å². The van der Waals surface area contributed by atoms with Gasteiger partial charge in [0.25, 0.3) is 5.91 Å². The Morgan fingerprint density at radius 2 is 2.05 bits per heavy atom. The highest BCUT2D eigenvalue weighted by molar-refractivity contribution is 9.10. The van der Waals surface area contributed by atoms with E-state index in [-0.39, 0.29) is 11.6 Å². The second-order valence-electron chi connectivity index (χ2n) is 5.19. The highest BCUT2D eigenvalue weighted by Gasteiger charge is 2.11. The molecule has 2 aromatic rings. The molecule has 5 nitrogen and oxygen atoms in total. The van der Waals surface area contributed by atoms with Gasteiger partial charge in [-0.05, 0) is 66.0 Å². The minimum absolute atomic E-state index is 0.280. The maximum Gasteiger partial charge on any atom is 0.276 e. The third-order valence-electron chi connectivity index (χ3n) is 3.28. The lowest BCUT2D eigenvalue weighted by molar-refractivity contribution is 0.102. The molecule has 2 rings (SSSR count). The molecule has 0 aliphatic carbocycles. The highest BCUT2D eigenvalue weighted by atomic mass is 79.9. The summed E-state index contributed by atoms with van der Waals surface area (Å²) in [5.41, 5.74) is 2.10. The van der Waals surface area contributed by atoms with Crippen LogP contribution in [0.1, 0.15) is 36.3 Å². The van der Waals surface area contributed by atoms with Crippen molar-refractivity contribution in [3.8, 4) is 0 Å². The fourth-order valence-electron chi connectivity index (χ4n) is 1.79. The number of nitrogens with zero attached hydrogens (tertiary/aromatic N) is 2. The molecule has 0 spiro atoms. The molecule has 1 unspecified atom stereocenters. The van der Waals surface area contributed by atoms with Crippen LogP contribution in [-0.2, 0) is 0 Å². The van der Waals surface area contributed by atoms with Gasteiger partial charge in [0.15, 0.2) is 5.69 Å². The largest absolute Gasteiger partial charge is 0.366 e. The lowest BCUT2D eigenvalue weighted by atomic mass is 10.2. The van der Waals surface area contributed by atoms with Gasteiger partial charge in [0, 0.05) is 10.5 Å². The van der Waals surface area contributed by atoms with E-state index in [2.05, 4.69) is 50.6 Å². The van der Waals surface area contributed by atoms with Crippen molar-refractivity contribution < 1.29 is 4.79 Å². The Bertz CT molecular complexity index is 658. The van der Waals surface area contributed by atoms with Gasteiger partial charge < -0.3 is 10.6 Å². The van der Waals surface area contributed by atoms with Crippen molar-refractivity contribution in [3.05, 3.63) is 46.1 Å². The number of carbonyl (C=O) groups is 1. The van der Waals surface area contributed by atoms with Gasteiger partial charge in [-0.2, -0.15) is 0 Å². The van der Waals surface area contributed by atoms with E-state index in [4.69, 9.17) is 0 Å². The zero-order valence-electron chi connectivity index (χ0n) is 12.9. The van der Waals surface area contributed by atoms with Crippen LogP contribution in [-0.4, -0.2) is 22.1 Å². The van der Waals surface area contributed by atoms with E-state index in [1.807, 2.05) is 25.1 Å². The van der Waals surface area contributed by atoms with Crippen LogP contribution in [0.2, 0.25) is 0 Å². The van der Waals surface area contributed by atoms with Crippen LogP contribution in [0.15, 0.2) is 34.8 Å². The summed E-state index contributed by atoms with van der Waals surface area (Å²) in [7, 11) is 0. The highest BCUT2D eigenvalue weighted by Crippen LogP contribution is 2.23. The van der Waals surface area contributed by atoms with Crippen molar-refractivity contribution in [2.24, 2.45) is 0 Å². The third-order valence-corrected chi connectivity index (χ3v) is 3.93. The molecular formula is C16H19BrN4O. The predicted octanol–water partition coefficient (Wildman–Crippen LogP) is 4.01. The molecule has 1 atom stereocenters. The summed E-state index contributed by atoms with van der Waals surface area (Å²) in [6, 6.07) is 9.47. The molecular weight excluding hydrogens is 344 g/mol. The second kappa shape index (κ2) is 7.35. The normalized spacial score (nSPS) is 11.8. The molecule has 1 aromatic heterocycles. The number of halogens is 1. The van der Waals surface area contributed by atoms with Gasteiger partial charge in [0.1, 0.15) is 5.82 Å². The zero-order valence-corrected chi connectivity index (χ0v) is 14.4. The number of aromatic nitrogens is 2. The summed E-state index contributed by atoms with van der Waals surface area (Å²) in [6.07, 6.45) is 0.991. The van der Waals surface area contributed by atoms with E-state index in [9.17, 15) is 4.79 Å². The molecule has 1 aromatic carbocycles. The molecule has 0 radical (unpaired) electrons. The average molecular weight is 363 g/mol. The van der Waals surface area contributed by atoms with Gasteiger partial charge >= 0.3 is 0 Å². The predicted molar refractivity (Wildman–Crippen MR) is 92.2 cm³/mol. The Balaban J connectivity index is 2.06. The molecule has 22 heavy (non-hydrogen) atoms. The Labute approximate surface area is 138 Å². The first-order valence-corrected chi connectivity index (χ1v) is 7.96. The number of rotatable bonds is 5. The van der Waals surface area contributed by atoms with Crippen LogP contribution in [0.5, 0.6) is 0 Å². The summed E-state index contributed by atoms with van der Waals surface area (Å²) in [6.45, 7) is 6.15. The smallest absolute Gasteiger partial charge is 0.276 e. The molecule has 6 heteroatoms. The second-order valence-corrected chi connectivity index (χ2v) is 6.05. The fraction of sp³-hybridized carbons (Fsp3) is 0.312. The topological polar surface area (TPSA) is 66.9 Å². The minimum Gasteiger partial charge on any atom is -0.366 e. The molecule has 0 aliphatic rings. The number of amides is 1. The molecule has 116 valence electrons. The number of anilines is 2. The number of benzene rings is 1. The van der Waals surface area contributed by atoms with Gasteiger partial charge in [-0.25, -0.2) is 0 Å². The Hall–Kier alpha value is -1.95. The van der Waals surface area contributed by atoms with Crippen LogP contribution in [0, 0.1) is 6.92 Å². The first-order valence-electron chi connectivity index (χ1n) is 7.17. The van der Waals surface area contributed by atoms with Crippen LogP contribution in [0.4, 0.5) is 11.5 Å². The number of hydrogen-bond acceptors (Lipinski definition) is 4. The molecule has 0 fully saturated rings. The fourth-order valence-corrected chi connectivity index (χ4v) is 2.39. The maximum atomic E-state index is 12.2. The van der Waals surface area contributed by atoms with Crippen molar-refractivity contribution in [2.75, 3.05) is 10.6 Å². The third kappa shape index (κ3) is 4.27. The molecule has 1 heterocycles. The Morgan fingerprint density at radius 3 is 2.64 bits per heavy atom. The molecule has 0 saturated heterocycles. The minimum atomic E-state index is -0.285. The summed E-state index contributed by atoms with van der Waals surface area (Å²) in [5.74, 6) is 0.384. The zero-order chi connectivity index (χ0) is 16.1. The van der Waals surface area contributed by atoms with Gasteiger partial charge in [0.2, 0.25) is 0 Å². The Kier molecular flexibility index (Phi) is 5.49. The number of carbonyl (C=O) groups excluding carboxylic acids is 1. The van der Waals surface area contributed by atoms with E-state index in [1.54, 1.807) is 12.1 Å². The summed E-state index contributed by atoms with van der Waals surface area (Å²) < 4.78 is 0.837. The van der Waals surface area contributed by atoms with Crippen LogP contribution >= 0.6 is 15.9 Å². The van der Waals surface area contributed by atoms with Crippen molar-refractivity contribution in [1.82, 2.24) is 10.2 Å². The van der Waals surface area contributed by atoms with Crippen molar-refractivity contribution in [3.63, 3.8) is 0 Å². The number of hydrogen-bond donors (Lipinski definition) is 2. The van der Waals surface area contributed by atoms with Gasteiger partial charge in [-0.3, -0.25) is 4.79 Å². The SMILES string of the molecule is CCC(C)Nc1ccc(C(=O)Nc2ccc(C)cc2Br)nn1. The molecule has 0 aliphatic heterocycles. The lowest BCUT2D eigenvalue weighted by Gasteiger charge is -2.11. The summed E-state index contributed by atoms with van der Waals surface area (Å²) in [5, 5.41) is 14.0. The van der Waals surface area contributed by atoms with Gasteiger partial charge in [-0.1, -0.05) is 13.0 Å². The molecule has 2 N–H and O–H groups in total. The average Bonchev–Trinajstić information content (AvgIpc) is 2.50. The maximum absolute atomic E-state index is 12.2. The monoisotopic (exact) mass is 362 g/mol. The first-order chi connectivity index (χ1) is 10.5. The van der Waals surface area contributed by atoms with Gasteiger partial charge in [0.05, 0.1) is 5.69 Å². The first kappa shape index (κ1) is 16.4. The van der Waals surface area contributed by atoms with E-state index < -0.39 is 0 Å². The number of nitrogens with one attached hydrogen (secondary N) is 2. The van der Waals surface area contributed by atoms with Gasteiger partial charge in [-0.15, -0.1) is 10.2 Å². The quantitative estimate of drug-likeness (QED) is 0.842. The molecule has 0 saturated carbocycles. The standard InChI is InChI=1S/C16H19BrN4O/c1-4-11(3)18-15-8-7-14(20-21-15)16(22)19-13-6-5-10(2)9-12(13)17/h5-9,11H,4H2,1-3H3,(H,18,21)(H,19,22). The summed E-state index contributed by atoms with van der Waals surface area (Å²) >= 11 is 3.43. The van der Waals surface area contributed by atoms with Crippen LogP contribution < -0.4 is 10.6 Å². The van der Waals surface area contributed by atoms with Crippen molar-refractivity contribution in [2.45, 2.75) is 33.2 Å². The van der Waals surface area contributed by atoms with Crippen LogP contribution in [0.3, 0.4) is 0 Å². The molecule has 1 amide bonds. The number of aryl methyl sites for hydroxylation is 1. The van der Waals surface area contributed by atoms with Crippen LogP contribution in [0.25, 0.3) is 0 Å². The summed E-state index contributed by atoms with van der Waals surface area (Å²) in [4.78, 5) is 12.2. The Morgan fingerprint density at radius 1 is 1.27 bits per heavy atom.